The fourth-order valence-electron chi connectivity index (χ4n) is 3.70. The summed E-state index contributed by atoms with van der Waals surface area (Å²) in [5, 5.41) is 0. The minimum Gasteiger partial charge on any atom is -0.324 e. The Bertz CT molecular complexity index is 318. The van der Waals surface area contributed by atoms with Crippen LogP contribution in [0.25, 0.3) is 0 Å². The van der Waals surface area contributed by atoms with E-state index in [0.717, 1.165) is 12.1 Å². The molecule has 2 heteroatoms. The third-order valence-corrected chi connectivity index (χ3v) is 6.87. The Balaban J connectivity index is 3.04. The summed E-state index contributed by atoms with van der Waals surface area (Å²) in [4.78, 5) is 0. The van der Waals surface area contributed by atoms with Gasteiger partial charge >= 0.3 is 0 Å². The van der Waals surface area contributed by atoms with E-state index in [9.17, 15) is 4.57 Å². The average molecular weight is 387 g/mol. The number of unbranched alkanes of at least 4 members (excludes halogenated alkanes) is 16. The molecule has 0 N–H and O–H groups in total. The number of rotatable bonds is 20. The molecule has 0 amide bonds. The van der Waals surface area contributed by atoms with Crippen LogP contribution in [0.2, 0.25) is 0 Å². The fraction of sp³-hybridized carbons (Fsp3) is 1.00. The molecule has 0 atom stereocenters. The van der Waals surface area contributed by atoms with E-state index in [-0.39, 0.29) is 0 Å². The van der Waals surface area contributed by atoms with Crippen LogP contribution >= 0.6 is 7.14 Å². The second kappa shape index (κ2) is 18.6. The van der Waals surface area contributed by atoms with Gasteiger partial charge in [0.25, 0.3) is 0 Å². The predicted molar refractivity (Wildman–Crippen MR) is 122 cm³/mol. The van der Waals surface area contributed by atoms with Crippen molar-refractivity contribution in [3.63, 3.8) is 0 Å². The molecule has 1 nitrogen and oxygen atoms in total. The molecule has 0 aromatic carbocycles. The van der Waals surface area contributed by atoms with Crippen LogP contribution in [0.15, 0.2) is 0 Å². The second-order valence-corrected chi connectivity index (χ2v) is 13.1. The summed E-state index contributed by atoms with van der Waals surface area (Å²) in [6.45, 7) is 8.51. The zero-order valence-corrected chi connectivity index (χ0v) is 19.8. The molecule has 0 rings (SSSR count). The molecule has 0 aromatic heterocycles. The van der Waals surface area contributed by atoms with Gasteiger partial charge < -0.3 is 4.57 Å². The fourth-order valence-corrected chi connectivity index (χ4v) is 4.68. The summed E-state index contributed by atoms with van der Waals surface area (Å²) < 4.78 is 11.6. The molecule has 0 saturated heterocycles. The first-order valence-corrected chi connectivity index (χ1v) is 14.7. The monoisotopic (exact) mass is 386 g/mol. The summed E-state index contributed by atoms with van der Waals surface area (Å²) in [7, 11) is -1.76. The lowest BCUT2D eigenvalue weighted by atomic mass is 10.0. The first kappa shape index (κ1) is 26.2. The van der Waals surface area contributed by atoms with Crippen LogP contribution in [-0.2, 0) is 4.57 Å². The molecule has 0 unspecified atom stereocenters. The largest absolute Gasteiger partial charge is 0.324 e. The van der Waals surface area contributed by atoms with E-state index in [4.69, 9.17) is 0 Å². The number of hydrogen-bond donors (Lipinski definition) is 0. The van der Waals surface area contributed by atoms with E-state index < -0.39 is 7.14 Å². The van der Waals surface area contributed by atoms with E-state index in [1.165, 1.54) is 116 Å². The van der Waals surface area contributed by atoms with Gasteiger partial charge in [-0.2, -0.15) is 0 Å². The van der Waals surface area contributed by atoms with Crippen LogP contribution in [0.1, 0.15) is 129 Å². The van der Waals surface area contributed by atoms with Gasteiger partial charge in [-0.25, -0.2) is 0 Å². The van der Waals surface area contributed by atoms with Crippen LogP contribution in [-0.4, -0.2) is 19.5 Å². The highest BCUT2D eigenvalue weighted by Crippen LogP contribution is 2.36. The van der Waals surface area contributed by atoms with E-state index in [2.05, 4.69) is 13.8 Å². The molecule has 0 radical (unpaired) electrons. The van der Waals surface area contributed by atoms with Gasteiger partial charge in [-0.3, -0.25) is 0 Å². The van der Waals surface area contributed by atoms with Gasteiger partial charge in [0.1, 0.15) is 0 Å². The van der Waals surface area contributed by atoms with Crippen molar-refractivity contribution >= 4 is 7.14 Å². The van der Waals surface area contributed by atoms with Crippen molar-refractivity contribution in [3.8, 4) is 0 Å². The average Bonchev–Trinajstić information content (AvgIpc) is 2.55. The van der Waals surface area contributed by atoms with Crippen LogP contribution < -0.4 is 0 Å². The Morgan fingerprint density at radius 1 is 0.500 bits per heavy atom. The van der Waals surface area contributed by atoms with Crippen LogP contribution in [0.4, 0.5) is 0 Å². The SMILES string of the molecule is CC(C)CCCCCCCCCCCCCCCCCCCP(C)(C)=O. The van der Waals surface area contributed by atoms with Crippen LogP contribution in [0.3, 0.4) is 0 Å². The Morgan fingerprint density at radius 2 is 0.769 bits per heavy atom. The molecule has 0 fully saturated rings. The van der Waals surface area contributed by atoms with Crippen molar-refractivity contribution in [1.82, 2.24) is 0 Å². The summed E-state index contributed by atoms with van der Waals surface area (Å²) in [6, 6.07) is 0. The van der Waals surface area contributed by atoms with Gasteiger partial charge in [-0.05, 0) is 25.7 Å². The maximum atomic E-state index is 11.6. The van der Waals surface area contributed by atoms with E-state index in [1.54, 1.807) is 0 Å². The lowest BCUT2D eigenvalue weighted by molar-refractivity contribution is 0.501. The Kier molecular flexibility index (Phi) is 18.8. The third-order valence-electron chi connectivity index (χ3n) is 5.48. The lowest BCUT2D eigenvalue weighted by Gasteiger charge is -2.06. The third kappa shape index (κ3) is 24.2. The van der Waals surface area contributed by atoms with E-state index >= 15 is 0 Å². The zero-order valence-electron chi connectivity index (χ0n) is 18.9. The highest BCUT2D eigenvalue weighted by Gasteiger charge is 2.05. The van der Waals surface area contributed by atoms with Gasteiger partial charge in [-0.1, -0.05) is 123 Å². The lowest BCUT2D eigenvalue weighted by Crippen LogP contribution is -1.88. The molecular formula is C24H51OP. The molecule has 0 bridgehead atoms. The smallest absolute Gasteiger partial charge is 0.0819 e. The molecule has 0 spiro atoms. The summed E-state index contributed by atoms with van der Waals surface area (Å²) in [6.07, 6.45) is 26.4. The van der Waals surface area contributed by atoms with Crippen molar-refractivity contribution in [2.45, 2.75) is 129 Å². The first-order chi connectivity index (χ1) is 12.4. The predicted octanol–water partition coefficient (Wildman–Crippen LogP) is 9.29. The van der Waals surface area contributed by atoms with E-state index in [1.807, 2.05) is 13.3 Å². The topological polar surface area (TPSA) is 17.1 Å². The molecular weight excluding hydrogens is 335 g/mol. The Labute approximate surface area is 166 Å². The minimum atomic E-state index is -1.76. The van der Waals surface area contributed by atoms with Gasteiger partial charge in [0.2, 0.25) is 0 Å². The van der Waals surface area contributed by atoms with Crippen molar-refractivity contribution < 1.29 is 4.57 Å². The standard InChI is InChI=1S/C24H51OP/c1-24(2)22-20-18-16-14-12-10-8-6-5-7-9-11-13-15-17-19-21-23-26(3,4)25/h24H,5-23H2,1-4H3. The Morgan fingerprint density at radius 3 is 1.04 bits per heavy atom. The normalized spacial score (nSPS) is 12.2. The molecule has 0 aromatic rings. The van der Waals surface area contributed by atoms with Crippen LogP contribution in [0, 0.1) is 5.92 Å². The van der Waals surface area contributed by atoms with Gasteiger partial charge in [0.15, 0.2) is 0 Å². The second-order valence-electron chi connectivity index (χ2n) is 9.49. The van der Waals surface area contributed by atoms with Gasteiger partial charge in [0, 0.05) is 6.16 Å². The summed E-state index contributed by atoms with van der Waals surface area (Å²) >= 11 is 0. The first-order valence-electron chi connectivity index (χ1n) is 12.0. The molecule has 0 aliphatic rings. The maximum Gasteiger partial charge on any atom is 0.0819 e. The van der Waals surface area contributed by atoms with Gasteiger partial charge in [0.05, 0.1) is 7.14 Å². The molecule has 0 saturated carbocycles. The quantitative estimate of drug-likeness (QED) is 0.150. The van der Waals surface area contributed by atoms with Crippen LogP contribution in [0.5, 0.6) is 0 Å². The molecule has 0 heterocycles. The van der Waals surface area contributed by atoms with Crippen molar-refractivity contribution in [1.29, 1.82) is 0 Å². The highest BCUT2D eigenvalue weighted by molar-refractivity contribution is 7.62. The zero-order chi connectivity index (χ0) is 19.5. The minimum absolute atomic E-state index is 0.887. The molecule has 0 aliphatic carbocycles. The van der Waals surface area contributed by atoms with Crippen molar-refractivity contribution in [2.24, 2.45) is 5.92 Å². The Hall–Kier alpha value is 0.230. The summed E-state index contributed by atoms with van der Waals surface area (Å²) in [5.74, 6) is 0.887. The van der Waals surface area contributed by atoms with Crippen molar-refractivity contribution in [2.75, 3.05) is 19.5 Å². The maximum absolute atomic E-state index is 11.6. The highest BCUT2D eigenvalue weighted by atomic mass is 31.2. The molecule has 26 heavy (non-hydrogen) atoms. The molecule has 0 aliphatic heterocycles. The summed E-state index contributed by atoms with van der Waals surface area (Å²) in [5.41, 5.74) is 0. The van der Waals surface area contributed by atoms with Gasteiger partial charge in [-0.15, -0.1) is 0 Å². The van der Waals surface area contributed by atoms with Crippen molar-refractivity contribution in [3.05, 3.63) is 0 Å². The van der Waals surface area contributed by atoms with E-state index in [0.29, 0.717) is 0 Å². The molecule has 158 valence electrons. The number of hydrogen-bond acceptors (Lipinski definition) is 1.